The van der Waals surface area contributed by atoms with E-state index in [0.29, 0.717) is 41.6 Å². The second-order valence-electron chi connectivity index (χ2n) is 8.88. The number of methoxy groups -OCH3 is 2. The first-order chi connectivity index (χ1) is 16.8. The molecule has 0 unspecified atom stereocenters. The maximum atomic E-state index is 13.0. The van der Waals surface area contributed by atoms with Gasteiger partial charge in [-0.1, -0.05) is 13.0 Å². The number of hydrogen-bond donors (Lipinski definition) is 1. The van der Waals surface area contributed by atoms with Gasteiger partial charge < -0.3 is 19.5 Å². The van der Waals surface area contributed by atoms with E-state index >= 15 is 0 Å². The maximum absolute atomic E-state index is 13.0. The van der Waals surface area contributed by atoms with Gasteiger partial charge >= 0.3 is 5.97 Å². The van der Waals surface area contributed by atoms with Gasteiger partial charge in [0.1, 0.15) is 11.5 Å². The molecule has 1 saturated carbocycles. The number of carbonyl (C=O) groups excluding carboxylic acids is 4. The number of anilines is 2. The maximum Gasteiger partial charge on any atom is 0.338 e. The van der Waals surface area contributed by atoms with Crippen LogP contribution in [0.1, 0.15) is 36.5 Å². The minimum absolute atomic E-state index is 0.140. The molecule has 2 aliphatic rings. The summed E-state index contributed by atoms with van der Waals surface area (Å²) in [5.74, 6) is -0.974. The molecule has 1 N–H and O–H groups in total. The first kappa shape index (κ1) is 24.3. The minimum Gasteiger partial charge on any atom is -0.497 e. The van der Waals surface area contributed by atoms with Gasteiger partial charge in [-0.05, 0) is 55.5 Å². The van der Waals surface area contributed by atoms with E-state index < -0.39 is 18.5 Å². The molecule has 0 aromatic heterocycles. The number of fused-ring (bicyclic) bond motifs is 1. The molecule has 1 aliphatic carbocycles. The Kier molecular flexibility index (Phi) is 7.04. The van der Waals surface area contributed by atoms with E-state index in [-0.39, 0.29) is 29.2 Å². The van der Waals surface area contributed by atoms with Gasteiger partial charge in [0.25, 0.3) is 5.91 Å². The summed E-state index contributed by atoms with van der Waals surface area (Å²) in [5, 5.41) is 2.63. The van der Waals surface area contributed by atoms with Crippen LogP contribution in [0.3, 0.4) is 0 Å². The molecule has 0 spiro atoms. The van der Waals surface area contributed by atoms with E-state index in [2.05, 4.69) is 12.2 Å². The number of ether oxygens (including phenoxy) is 3. The predicted octanol–water partition coefficient (Wildman–Crippen LogP) is 3.42. The van der Waals surface area contributed by atoms with E-state index in [1.54, 1.807) is 30.3 Å². The highest BCUT2D eigenvalue weighted by atomic mass is 16.5. The van der Waals surface area contributed by atoms with Crippen molar-refractivity contribution in [3.63, 3.8) is 0 Å². The summed E-state index contributed by atoms with van der Waals surface area (Å²) in [6, 6.07) is 11.1. The zero-order chi connectivity index (χ0) is 25.1. The average molecular weight is 481 g/mol. The third kappa shape index (κ3) is 4.99. The van der Waals surface area contributed by atoms with E-state index in [4.69, 9.17) is 14.2 Å². The molecule has 9 nitrogen and oxygen atoms in total. The molecule has 4 rings (SSSR count). The van der Waals surface area contributed by atoms with Crippen LogP contribution in [0.4, 0.5) is 11.4 Å². The van der Waals surface area contributed by atoms with Gasteiger partial charge in [0.2, 0.25) is 11.8 Å². The average Bonchev–Trinajstić information content (AvgIpc) is 3.11. The van der Waals surface area contributed by atoms with Gasteiger partial charge in [-0.25, -0.2) is 4.79 Å². The molecule has 3 atom stereocenters. The van der Waals surface area contributed by atoms with Crippen LogP contribution in [0.15, 0.2) is 42.5 Å². The summed E-state index contributed by atoms with van der Waals surface area (Å²) in [6.45, 7) is 1.57. The second-order valence-corrected chi connectivity index (χ2v) is 8.88. The molecule has 1 heterocycles. The molecule has 184 valence electrons. The lowest BCUT2D eigenvalue weighted by molar-refractivity contribution is -0.122. The molecule has 2 fully saturated rings. The van der Waals surface area contributed by atoms with Gasteiger partial charge in [0, 0.05) is 6.07 Å². The fraction of sp³-hybridized carbons (Fsp3) is 0.385. The predicted molar refractivity (Wildman–Crippen MR) is 127 cm³/mol. The standard InChI is InChI=1S/C26H28N2O7/c1-15-7-9-19-20(11-15)25(31)28(24(19)30)17-6-4-5-16(12-17)26(32)35-14-23(29)27-21-10-8-18(33-2)13-22(21)34-3/h4-6,8,10,12-13,15,19-20H,7,9,11,14H2,1-3H3,(H,27,29)/t15-,19+,20-/m0/s1. The Morgan fingerprint density at radius 1 is 1.00 bits per heavy atom. The molecular formula is C26H28N2O7. The number of benzene rings is 2. The molecule has 35 heavy (non-hydrogen) atoms. The lowest BCUT2D eigenvalue weighted by Crippen LogP contribution is -2.31. The molecule has 2 aromatic rings. The van der Waals surface area contributed by atoms with Crippen molar-refractivity contribution in [2.75, 3.05) is 31.0 Å². The van der Waals surface area contributed by atoms with Gasteiger partial charge in [0.15, 0.2) is 6.61 Å². The Labute approximate surface area is 203 Å². The first-order valence-corrected chi connectivity index (χ1v) is 11.5. The Morgan fingerprint density at radius 3 is 2.51 bits per heavy atom. The lowest BCUT2D eigenvalue weighted by atomic mass is 9.76. The highest BCUT2D eigenvalue weighted by Crippen LogP contribution is 2.42. The van der Waals surface area contributed by atoms with Crippen LogP contribution in [0.2, 0.25) is 0 Å². The number of amides is 3. The fourth-order valence-electron chi connectivity index (χ4n) is 4.72. The molecule has 1 aliphatic heterocycles. The van der Waals surface area contributed by atoms with Gasteiger partial charge in [-0.15, -0.1) is 0 Å². The van der Waals surface area contributed by atoms with Crippen molar-refractivity contribution in [3.8, 4) is 11.5 Å². The van der Waals surface area contributed by atoms with Crippen molar-refractivity contribution in [1.82, 2.24) is 0 Å². The number of imide groups is 1. The summed E-state index contributed by atoms with van der Waals surface area (Å²) in [7, 11) is 2.98. The van der Waals surface area contributed by atoms with Crippen LogP contribution in [-0.2, 0) is 19.1 Å². The van der Waals surface area contributed by atoms with Gasteiger partial charge in [0.05, 0.1) is 43.0 Å². The van der Waals surface area contributed by atoms with Gasteiger partial charge in [-0.2, -0.15) is 0 Å². The Morgan fingerprint density at radius 2 is 1.77 bits per heavy atom. The molecule has 0 radical (unpaired) electrons. The highest BCUT2D eigenvalue weighted by Gasteiger charge is 2.50. The normalized spacial score (nSPS) is 21.3. The molecule has 3 amide bonds. The quantitative estimate of drug-likeness (QED) is 0.477. The van der Waals surface area contributed by atoms with Crippen LogP contribution >= 0.6 is 0 Å². The summed E-state index contributed by atoms with van der Waals surface area (Å²) in [6.07, 6.45) is 2.31. The highest BCUT2D eigenvalue weighted by molar-refractivity contribution is 6.22. The van der Waals surface area contributed by atoms with Crippen molar-refractivity contribution in [2.45, 2.75) is 26.2 Å². The molecule has 9 heteroatoms. The van der Waals surface area contributed by atoms with Crippen LogP contribution in [0, 0.1) is 17.8 Å². The number of nitrogens with one attached hydrogen (secondary N) is 1. The third-order valence-corrected chi connectivity index (χ3v) is 6.54. The Hall–Kier alpha value is -3.88. The van der Waals surface area contributed by atoms with Crippen molar-refractivity contribution < 1.29 is 33.4 Å². The van der Waals surface area contributed by atoms with Crippen molar-refractivity contribution in [3.05, 3.63) is 48.0 Å². The zero-order valence-corrected chi connectivity index (χ0v) is 19.9. The number of carbonyl (C=O) groups is 4. The summed E-state index contributed by atoms with van der Waals surface area (Å²) >= 11 is 0. The monoisotopic (exact) mass is 480 g/mol. The van der Waals surface area contributed by atoms with E-state index in [1.165, 1.54) is 31.3 Å². The van der Waals surface area contributed by atoms with Crippen LogP contribution in [0.25, 0.3) is 0 Å². The third-order valence-electron chi connectivity index (χ3n) is 6.54. The fourth-order valence-corrected chi connectivity index (χ4v) is 4.72. The van der Waals surface area contributed by atoms with Crippen LogP contribution in [-0.4, -0.2) is 44.5 Å². The zero-order valence-electron chi connectivity index (χ0n) is 19.9. The Bertz CT molecular complexity index is 1160. The SMILES string of the molecule is COc1ccc(NC(=O)COC(=O)c2cccc(N3C(=O)[C@H]4C[C@@H](C)CC[C@H]4C3=O)c2)c(OC)c1. The summed E-state index contributed by atoms with van der Waals surface area (Å²) < 4.78 is 15.5. The molecule has 1 saturated heterocycles. The molecule has 2 aromatic carbocycles. The Balaban J connectivity index is 1.40. The number of esters is 1. The molecular weight excluding hydrogens is 452 g/mol. The largest absolute Gasteiger partial charge is 0.497 e. The van der Waals surface area contributed by atoms with E-state index in [0.717, 1.165) is 6.42 Å². The lowest BCUT2D eigenvalue weighted by Gasteiger charge is -2.25. The van der Waals surface area contributed by atoms with E-state index in [9.17, 15) is 19.2 Å². The van der Waals surface area contributed by atoms with Crippen molar-refractivity contribution >= 4 is 35.1 Å². The topological polar surface area (TPSA) is 111 Å². The van der Waals surface area contributed by atoms with E-state index in [1.807, 2.05) is 0 Å². The second kappa shape index (κ2) is 10.2. The molecule has 0 bridgehead atoms. The van der Waals surface area contributed by atoms with Gasteiger partial charge in [-0.3, -0.25) is 19.3 Å². The number of rotatable bonds is 7. The van der Waals surface area contributed by atoms with Crippen LogP contribution < -0.4 is 19.7 Å². The number of hydrogen-bond acceptors (Lipinski definition) is 7. The van der Waals surface area contributed by atoms with Crippen molar-refractivity contribution in [1.29, 1.82) is 0 Å². The minimum atomic E-state index is -0.742. The number of nitrogens with zero attached hydrogens (tertiary/aromatic N) is 1. The smallest absolute Gasteiger partial charge is 0.338 e. The van der Waals surface area contributed by atoms with Crippen molar-refractivity contribution in [2.24, 2.45) is 17.8 Å². The first-order valence-electron chi connectivity index (χ1n) is 11.5. The summed E-state index contributed by atoms with van der Waals surface area (Å²) in [5.41, 5.74) is 0.878. The summed E-state index contributed by atoms with van der Waals surface area (Å²) in [4.78, 5) is 52.0. The van der Waals surface area contributed by atoms with Crippen LogP contribution in [0.5, 0.6) is 11.5 Å².